The van der Waals surface area contributed by atoms with Gasteiger partial charge >= 0.3 is 18.0 Å². The Morgan fingerprint density at radius 2 is 1.38 bits per heavy atom. The molecule has 5 aromatic rings. The van der Waals surface area contributed by atoms with Crippen LogP contribution in [0.3, 0.4) is 0 Å². The van der Waals surface area contributed by atoms with E-state index >= 15 is 4.79 Å². The number of hydrogen-bond acceptors (Lipinski definition) is 11. The van der Waals surface area contributed by atoms with Gasteiger partial charge in [0, 0.05) is 18.2 Å². The van der Waals surface area contributed by atoms with E-state index in [9.17, 15) is 24.6 Å². The van der Waals surface area contributed by atoms with Gasteiger partial charge in [0.2, 0.25) is 5.91 Å². The summed E-state index contributed by atoms with van der Waals surface area (Å²) in [5, 5.41) is 21.0. The molecule has 13 heteroatoms. The number of carboxylic acids is 1. The number of imide groups is 1. The number of hydrogen-bond donors (Lipinski definition) is 2. The van der Waals surface area contributed by atoms with Crippen molar-refractivity contribution in [1.29, 1.82) is 0 Å². The first kappa shape index (κ1) is 40.8. The highest BCUT2D eigenvalue weighted by Crippen LogP contribution is 2.66. The third kappa shape index (κ3) is 7.24. The Labute approximate surface area is 352 Å². The lowest BCUT2D eigenvalue weighted by Gasteiger charge is -2.46. The predicted molar refractivity (Wildman–Crippen MR) is 221 cm³/mol. The number of esters is 1. The molecular weight excluding hydrogens is 781 g/mol. The minimum atomic E-state index is -2.16. The van der Waals surface area contributed by atoms with E-state index in [4.69, 9.17) is 23.7 Å². The molecule has 2 fully saturated rings. The first-order valence-corrected chi connectivity index (χ1v) is 19.7. The normalized spacial score (nSPS) is 22.7. The maximum atomic E-state index is 15.8. The summed E-state index contributed by atoms with van der Waals surface area (Å²) in [6.07, 6.45) is -1.98. The minimum absolute atomic E-state index is 0.0228. The number of aliphatic hydroxyl groups is 1. The second-order valence-corrected chi connectivity index (χ2v) is 14.7. The summed E-state index contributed by atoms with van der Waals surface area (Å²) in [6, 6.07) is 33.5. The number of methoxy groups -OCH3 is 2. The van der Waals surface area contributed by atoms with Gasteiger partial charge in [-0.15, -0.1) is 0 Å². The van der Waals surface area contributed by atoms with Gasteiger partial charge in [-0.2, -0.15) is 0 Å². The van der Waals surface area contributed by atoms with Crippen molar-refractivity contribution in [3.05, 3.63) is 161 Å². The summed E-state index contributed by atoms with van der Waals surface area (Å²) >= 11 is 0. The lowest BCUT2D eigenvalue weighted by molar-refractivity contribution is -0.179. The number of carboxylic acid groups (broad SMARTS) is 1. The largest absolute Gasteiger partial charge is 0.497 e. The fourth-order valence-corrected chi connectivity index (χ4v) is 8.95. The number of carbonyl (C=O) groups is 4. The molecule has 61 heavy (non-hydrogen) atoms. The zero-order valence-electron chi connectivity index (χ0n) is 33.3. The molecule has 0 unspecified atom stereocenters. The molecule has 0 bridgehead atoms. The molecule has 3 aliphatic heterocycles. The summed E-state index contributed by atoms with van der Waals surface area (Å²) in [4.78, 5) is 61.6. The van der Waals surface area contributed by atoms with Crippen LogP contribution in [-0.2, 0) is 34.0 Å². The maximum absolute atomic E-state index is 15.8. The van der Waals surface area contributed by atoms with E-state index in [1.54, 1.807) is 78.7 Å². The number of morpholine rings is 1. The smallest absolute Gasteiger partial charge is 0.421 e. The summed E-state index contributed by atoms with van der Waals surface area (Å²) < 4.78 is 28.0. The summed E-state index contributed by atoms with van der Waals surface area (Å²) in [7, 11) is 3.00. The van der Waals surface area contributed by atoms with E-state index in [2.05, 4.69) is 11.8 Å². The third-order valence-electron chi connectivity index (χ3n) is 11.4. The molecule has 2 N–H and O–H groups in total. The van der Waals surface area contributed by atoms with E-state index in [0.717, 1.165) is 4.90 Å². The van der Waals surface area contributed by atoms with Gasteiger partial charge in [0.05, 0.1) is 38.1 Å². The van der Waals surface area contributed by atoms with Gasteiger partial charge in [-0.05, 0) is 76.9 Å². The zero-order chi connectivity index (χ0) is 42.7. The van der Waals surface area contributed by atoms with Crippen molar-refractivity contribution in [2.45, 2.75) is 29.6 Å². The van der Waals surface area contributed by atoms with Gasteiger partial charge in [0.25, 0.3) is 0 Å². The number of benzene rings is 5. The van der Waals surface area contributed by atoms with Gasteiger partial charge in [-0.3, -0.25) is 19.3 Å². The molecule has 310 valence electrons. The number of aliphatic carboxylic acids is 1. The van der Waals surface area contributed by atoms with Crippen LogP contribution < -0.4 is 14.4 Å². The van der Waals surface area contributed by atoms with Gasteiger partial charge < -0.3 is 33.9 Å². The lowest BCUT2D eigenvalue weighted by Crippen LogP contribution is -2.53. The van der Waals surface area contributed by atoms with Gasteiger partial charge in [0.15, 0.2) is 0 Å². The molecule has 13 nitrogen and oxygen atoms in total. The molecule has 1 spiro atoms. The highest BCUT2D eigenvalue weighted by molar-refractivity contribution is 6.23. The molecule has 8 rings (SSSR count). The van der Waals surface area contributed by atoms with Gasteiger partial charge in [0.1, 0.15) is 48.2 Å². The van der Waals surface area contributed by atoms with Crippen LogP contribution >= 0.6 is 0 Å². The van der Waals surface area contributed by atoms with E-state index in [0.29, 0.717) is 39.3 Å². The van der Waals surface area contributed by atoms with Crippen LogP contribution in [-0.4, -0.2) is 85.7 Å². The highest BCUT2D eigenvalue weighted by atomic mass is 16.6. The van der Waals surface area contributed by atoms with Crippen molar-refractivity contribution < 1.29 is 53.1 Å². The van der Waals surface area contributed by atoms with Crippen molar-refractivity contribution in [1.82, 2.24) is 4.90 Å². The van der Waals surface area contributed by atoms with Crippen molar-refractivity contribution in [3.8, 4) is 23.3 Å². The van der Waals surface area contributed by atoms with Crippen LogP contribution in [0.1, 0.15) is 51.6 Å². The van der Waals surface area contributed by atoms with Crippen molar-refractivity contribution >= 4 is 29.6 Å². The topological polar surface area (TPSA) is 161 Å². The number of nitrogens with zero attached hydrogens (tertiary/aromatic N) is 2. The van der Waals surface area contributed by atoms with Crippen LogP contribution in [0.5, 0.6) is 11.5 Å². The third-order valence-corrected chi connectivity index (χ3v) is 11.4. The number of anilines is 1. The molecule has 0 aliphatic carbocycles. The number of amides is 2. The van der Waals surface area contributed by atoms with Crippen molar-refractivity contribution in [2.75, 3.05) is 45.5 Å². The van der Waals surface area contributed by atoms with E-state index in [1.165, 1.54) is 7.11 Å². The SMILES string of the molecule is COCCOC(=O)N1C(=O)[C@@]2(c3cc(C#Cc4ccc(OC)cc4)ccc31)[C@H](c1ccc(OCCO)cc1)N1[C@H](c3ccccc3)[C@H](c3ccccc3)OC(=O)[C@H]1[C@@H]2C(=O)O. The van der Waals surface area contributed by atoms with Gasteiger partial charge in [-0.25, -0.2) is 9.69 Å². The molecule has 6 atom stereocenters. The van der Waals surface area contributed by atoms with Crippen molar-refractivity contribution in [3.63, 3.8) is 0 Å². The monoisotopic (exact) mass is 822 g/mol. The Kier molecular flexibility index (Phi) is 11.6. The molecule has 0 aromatic heterocycles. The number of ether oxygens (including phenoxy) is 5. The Bertz CT molecular complexity index is 2490. The number of aliphatic hydroxyl groups excluding tert-OH is 1. The van der Waals surface area contributed by atoms with Crippen LogP contribution in [0.4, 0.5) is 10.5 Å². The average molecular weight is 823 g/mol. The Morgan fingerprint density at radius 1 is 0.738 bits per heavy atom. The molecule has 0 saturated carbocycles. The second-order valence-electron chi connectivity index (χ2n) is 14.7. The maximum Gasteiger partial charge on any atom is 0.421 e. The highest BCUT2D eigenvalue weighted by Gasteiger charge is 2.76. The second kappa shape index (κ2) is 17.3. The van der Waals surface area contributed by atoms with Gasteiger partial charge in [-0.1, -0.05) is 84.6 Å². The average Bonchev–Trinajstić information content (AvgIpc) is 3.75. The van der Waals surface area contributed by atoms with Crippen molar-refractivity contribution in [2.24, 2.45) is 5.92 Å². The molecule has 2 amide bonds. The summed E-state index contributed by atoms with van der Waals surface area (Å²) in [5.41, 5.74) is 0.992. The van der Waals surface area contributed by atoms with E-state index in [-0.39, 0.29) is 37.7 Å². The Balaban J connectivity index is 1.41. The van der Waals surface area contributed by atoms with E-state index in [1.807, 2.05) is 60.7 Å². The number of rotatable bonds is 11. The first-order chi connectivity index (χ1) is 29.7. The minimum Gasteiger partial charge on any atom is -0.497 e. The van der Waals surface area contributed by atoms with Crippen LogP contribution in [0.15, 0.2) is 127 Å². The zero-order valence-corrected chi connectivity index (χ0v) is 33.3. The number of carbonyl (C=O) groups excluding carboxylic acids is 3. The van der Waals surface area contributed by atoms with E-state index < -0.39 is 59.5 Å². The summed E-state index contributed by atoms with van der Waals surface area (Å²) in [6.45, 7) is -0.354. The van der Waals surface area contributed by atoms with Crippen LogP contribution in [0.2, 0.25) is 0 Å². The quantitative estimate of drug-likeness (QED) is 0.0910. The standard InChI is InChI=1S/C48H42N2O11/c1-57-27-28-60-47(56)49-38-24-17-31(14-13-30-15-20-35(58-2)21-16-30)29-37(38)48(46(49)55)39(44(52)53)41-45(54)61-42(33-11-7-4-8-12-33)40(32-9-5-3-6-10-32)50(41)43(48)34-18-22-36(23-19-34)59-26-25-51/h3-12,15-24,29,39-43,51H,25-28H2,1-2H3,(H,52,53)/t39-,40-,41-,42+,43+,48-/m1/s1. The van der Waals surface area contributed by atoms with Crippen LogP contribution in [0.25, 0.3) is 0 Å². The number of cyclic esters (lactones) is 1. The molecule has 3 aliphatic rings. The molecule has 0 radical (unpaired) electrons. The molecular formula is C48H42N2O11. The molecule has 3 heterocycles. The molecule has 2 saturated heterocycles. The first-order valence-electron chi connectivity index (χ1n) is 19.7. The lowest BCUT2D eigenvalue weighted by atomic mass is 9.65. The fraction of sp³-hybridized carbons (Fsp3) is 0.250. The fourth-order valence-electron chi connectivity index (χ4n) is 8.95. The Hall–Kier alpha value is -6.98. The predicted octanol–water partition coefficient (Wildman–Crippen LogP) is 6.00. The molecule has 5 aromatic carbocycles. The van der Waals surface area contributed by atoms with Crippen LogP contribution in [0, 0.1) is 17.8 Å². The number of fused-ring (bicyclic) bond motifs is 3. The Morgan fingerprint density at radius 3 is 2.02 bits per heavy atom. The summed E-state index contributed by atoms with van der Waals surface area (Å²) in [5.74, 6) is 2.35.